The third-order valence-corrected chi connectivity index (χ3v) is 1.95. The molecule has 0 saturated carbocycles. The van der Waals surface area contributed by atoms with Crippen molar-refractivity contribution in [3.8, 4) is 0 Å². The second-order valence-corrected chi connectivity index (χ2v) is 2.96. The maximum absolute atomic E-state index is 4.58. The van der Waals surface area contributed by atoms with Gasteiger partial charge >= 0.3 is 0 Å². The minimum Gasteiger partial charge on any atom is -0.343 e. The van der Waals surface area contributed by atoms with E-state index in [1.807, 2.05) is 5.38 Å². The maximum Gasteiger partial charge on any atom is 0.213 e. The summed E-state index contributed by atoms with van der Waals surface area (Å²) in [5.74, 6) is 0.642. The molecule has 0 atom stereocenters. The van der Waals surface area contributed by atoms with Crippen LogP contribution in [0.4, 0.5) is 0 Å². The average molecular weight is 197 g/mol. The molecule has 2 heterocycles. The Morgan fingerprint density at radius 1 is 1.46 bits per heavy atom. The Hall–Kier alpha value is -1.34. The van der Waals surface area contributed by atoms with Gasteiger partial charge in [0.1, 0.15) is 0 Å². The maximum atomic E-state index is 4.58. The largest absolute Gasteiger partial charge is 0.343 e. The van der Waals surface area contributed by atoms with Crippen LogP contribution in [-0.4, -0.2) is 19.7 Å². The smallest absolute Gasteiger partial charge is 0.213 e. The van der Waals surface area contributed by atoms with Crippen LogP contribution in [0.2, 0.25) is 0 Å². The SMILES string of the molecule is c1nc(CNCc2csnn2)no1. The van der Waals surface area contributed by atoms with Crippen LogP contribution in [0.3, 0.4) is 0 Å². The van der Waals surface area contributed by atoms with E-state index in [9.17, 15) is 0 Å². The van der Waals surface area contributed by atoms with Crippen molar-refractivity contribution in [1.29, 1.82) is 0 Å². The molecule has 0 aliphatic rings. The molecule has 0 fully saturated rings. The van der Waals surface area contributed by atoms with Crippen LogP contribution in [0.1, 0.15) is 11.5 Å². The van der Waals surface area contributed by atoms with Gasteiger partial charge in [-0.3, -0.25) is 0 Å². The van der Waals surface area contributed by atoms with Gasteiger partial charge in [-0.25, -0.2) is 0 Å². The number of aromatic nitrogens is 4. The highest BCUT2D eigenvalue weighted by Gasteiger charge is 1.98. The molecule has 0 aliphatic heterocycles. The Labute approximate surface area is 78.1 Å². The Balaban J connectivity index is 1.76. The number of rotatable bonds is 4. The summed E-state index contributed by atoms with van der Waals surface area (Å²) >= 11 is 1.34. The number of hydrogen-bond donors (Lipinski definition) is 1. The lowest BCUT2D eigenvalue weighted by Gasteiger charge is -1.95. The van der Waals surface area contributed by atoms with E-state index in [1.165, 1.54) is 17.9 Å². The molecule has 0 saturated heterocycles. The van der Waals surface area contributed by atoms with Crippen LogP contribution in [0.25, 0.3) is 0 Å². The Morgan fingerprint density at radius 3 is 3.15 bits per heavy atom. The summed E-state index contributed by atoms with van der Waals surface area (Å²) in [6.45, 7) is 1.25. The monoisotopic (exact) mass is 197 g/mol. The molecule has 6 nitrogen and oxygen atoms in total. The van der Waals surface area contributed by atoms with E-state index in [-0.39, 0.29) is 0 Å². The molecule has 2 aromatic heterocycles. The lowest BCUT2D eigenvalue weighted by molar-refractivity contribution is 0.407. The van der Waals surface area contributed by atoms with Crippen molar-refractivity contribution < 1.29 is 4.52 Å². The van der Waals surface area contributed by atoms with Gasteiger partial charge in [-0.1, -0.05) is 9.64 Å². The summed E-state index contributed by atoms with van der Waals surface area (Å²) in [4.78, 5) is 3.86. The van der Waals surface area contributed by atoms with E-state index in [2.05, 4.69) is 29.6 Å². The molecule has 2 aromatic rings. The van der Waals surface area contributed by atoms with Gasteiger partial charge in [-0.05, 0) is 11.5 Å². The summed E-state index contributed by atoms with van der Waals surface area (Å²) in [5, 5.41) is 12.5. The van der Waals surface area contributed by atoms with E-state index in [1.54, 1.807) is 0 Å². The van der Waals surface area contributed by atoms with E-state index < -0.39 is 0 Å². The van der Waals surface area contributed by atoms with Crippen LogP contribution in [0, 0.1) is 0 Å². The van der Waals surface area contributed by atoms with E-state index in [0.717, 1.165) is 5.69 Å². The third kappa shape index (κ3) is 2.30. The van der Waals surface area contributed by atoms with Gasteiger partial charge in [0, 0.05) is 11.9 Å². The fourth-order valence-electron chi connectivity index (χ4n) is 0.834. The first-order valence-corrected chi connectivity index (χ1v) is 4.51. The topological polar surface area (TPSA) is 76.7 Å². The fraction of sp³-hybridized carbons (Fsp3) is 0.333. The van der Waals surface area contributed by atoms with Gasteiger partial charge in [-0.2, -0.15) is 4.98 Å². The minimum absolute atomic E-state index is 0.577. The number of hydrogen-bond acceptors (Lipinski definition) is 7. The van der Waals surface area contributed by atoms with Crippen molar-refractivity contribution in [1.82, 2.24) is 25.0 Å². The fourth-order valence-corrected chi connectivity index (χ4v) is 1.28. The Bertz CT molecular complexity index is 298. The highest BCUT2D eigenvalue weighted by atomic mass is 32.1. The van der Waals surface area contributed by atoms with Crippen molar-refractivity contribution in [2.24, 2.45) is 0 Å². The molecule has 0 aromatic carbocycles. The summed E-state index contributed by atoms with van der Waals surface area (Å²) in [5.41, 5.74) is 0.925. The first kappa shape index (κ1) is 8.27. The van der Waals surface area contributed by atoms with Crippen LogP contribution in [-0.2, 0) is 13.1 Å². The predicted octanol–water partition coefficient (Wildman–Crippen LogP) is 0.211. The van der Waals surface area contributed by atoms with E-state index >= 15 is 0 Å². The zero-order chi connectivity index (χ0) is 8.93. The second kappa shape index (κ2) is 4.06. The highest BCUT2D eigenvalue weighted by molar-refractivity contribution is 7.03. The summed E-state index contributed by atoms with van der Waals surface area (Å²) in [6.07, 6.45) is 1.31. The quantitative estimate of drug-likeness (QED) is 0.755. The normalized spacial score (nSPS) is 10.5. The number of nitrogens with one attached hydrogen (secondary N) is 1. The van der Waals surface area contributed by atoms with Gasteiger partial charge in [0.15, 0.2) is 5.82 Å². The van der Waals surface area contributed by atoms with Gasteiger partial charge in [0.2, 0.25) is 6.39 Å². The standard InChI is InChI=1S/C6H7N5OS/c1(5-3-13-11-9-5)7-2-6-8-4-12-10-6/h3-4,7H,1-2H2. The molecule has 0 spiro atoms. The highest BCUT2D eigenvalue weighted by Crippen LogP contribution is 1.96. The van der Waals surface area contributed by atoms with Gasteiger partial charge in [0.25, 0.3) is 0 Å². The second-order valence-electron chi connectivity index (χ2n) is 2.35. The first-order valence-electron chi connectivity index (χ1n) is 3.67. The molecule has 1 N–H and O–H groups in total. The van der Waals surface area contributed by atoms with E-state index in [0.29, 0.717) is 18.9 Å². The molecular formula is C6H7N5OS. The third-order valence-electron chi connectivity index (χ3n) is 1.40. The number of nitrogens with zero attached hydrogens (tertiary/aromatic N) is 4. The Kier molecular flexibility index (Phi) is 2.58. The van der Waals surface area contributed by atoms with Gasteiger partial charge in [-0.15, -0.1) is 5.10 Å². The lowest BCUT2D eigenvalue weighted by Crippen LogP contribution is -2.13. The molecule has 2 rings (SSSR count). The van der Waals surface area contributed by atoms with Gasteiger partial charge in [0.05, 0.1) is 12.2 Å². The van der Waals surface area contributed by atoms with Crippen molar-refractivity contribution in [3.05, 3.63) is 23.3 Å². The molecular weight excluding hydrogens is 190 g/mol. The molecule has 7 heteroatoms. The Morgan fingerprint density at radius 2 is 2.46 bits per heavy atom. The summed E-state index contributed by atoms with van der Waals surface area (Å²) < 4.78 is 8.31. The molecule has 0 aliphatic carbocycles. The lowest BCUT2D eigenvalue weighted by atomic mass is 10.5. The molecule has 0 radical (unpaired) electrons. The molecule has 13 heavy (non-hydrogen) atoms. The zero-order valence-corrected chi connectivity index (χ0v) is 7.49. The minimum atomic E-state index is 0.577. The molecule has 0 bridgehead atoms. The molecule has 0 amide bonds. The van der Waals surface area contributed by atoms with Crippen molar-refractivity contribution in [2.75, 3.05) is 0 Å². The zero-order valence-electron chi connectivity index (χ0n) is 6.67. The van der Waals surface area contributed by atoms with Crippen LogP contribution < -0.4 is 5.32 Å². The van der Waals surface area contributed by atoms with Crippen molar-refractivity contribution in [3.63, 3.8) is 0 Å². The summed E-state index contributed by atoms with van der Waals surface area (Å²) in [7, 11) is 0. The molecule has 0 unspecified atom stereocenters. The van der Waals surface area contributed by atoms with Crippen LogP contribution in [0.15, 0.2) is 16.3 Å². The average Bonchev–Trinajstić information content (AvgIpc) is 2.75. The van der Waals surface area contributed by atoms with Gasteiger partial charge < -0.3 is 9.84 Å². The van der Waals surface area contributed by atoms with E-state index in [4.69, 9.17) is 0 Å². The van der Waals surface area contributed by atoms with Crippen LogP contribution in [0.5, 0.6) is 0 Å². The predicted molar refractivity (Wildman–Crippen MR) is 44.8 cm³/mol. The summed E-state index contributed by atoms with van der Waals surface area (Å²) in [6, 6.07) is 0. The molecule has 68 valence electrons. The first-order chi connectivity index (χ1) is 6.45. The van der Waals surface area contributed by atoms with Crippen LogP contribution >= 0.6 is 11.5 Å². The van der Waals surface area contributed by atoms with Crippen molar-refractivity contribution in [2.45, 2.75) is 13.1 Å². The van der Waals surface area contributed by atoms with Crippen molar-refractivity contribution >= 4 is 11.5 Å².